The molecule has 1 fully saturated rings. The monoisotopic (exact) mass is 371 g/mol. The van der Waals surface area contributed by atoms with E-state index in [1.165, 1.54) is 12.5 Å². The van der Waals surface area contributed by atoms with E-state index in [-0.39, 0.29) is 18.1 Å². The molecule has 0 atom stereocenters. The fourth-order valence-electron chi connectivity index (χ4n) is 3.00. The lowest BCUT2D eigenvalue weighted by Gasteiger charge is -2.27. The number of aromatic nitrogens is 1. The standard InChI is InChI=1S/C18H21N5O4/c24-18(25)19-12-13-4-6-14(7-5-13)20-17-15(23(26)27)8-9-16(21-17)22-10-2-1-3-11-22/h4-9,19H,1-3,10-12H2,(H,20,21)(H,24,25). The zero-order valence-corrected chi connectivity index (χ0v) is 14.7. The largest absolute Gasteiger partial charge is 0.465 e. The predicted octanol–water partition coefficient (Wildman–Crippen LogP) is 3.49. The SMILES string of the molecule is O=C(O)NCc1ccc(Nc2nc(N3CCCCC3)ccc2[N+](=O)[O-])cc1. The quantitative estimate of drug-likeness (QED) is 0.525. The molecule has 2 heterocycles. The van der Waals surface area contributed by atoms with Gasteiger partial charge in [-0.1, -0.05) is 12.1 Å². The number of pyridine rings is 1. The molecule has 3 rings (SSSR count). The highest BCUT2D eigenvalue weighted by atomic mass is 16.6. The lowest BCUT2D eigenvalue weighted by molar-refractivity contribution is -0.384. The Bertz CT molecular complexity index is 819. The molecule has 9 heteroatoms. The molecule has 1 aromatic carbocycles. The second-order valence-electron chi connectivity index (χ2n) is 6.32. The highest BCUT2D eigenvalue weighted by molar-refractivity contribution is 5.68. The van der Waals surface area contributed by atoms with Crippen LogP contribution in [0.4, 0.5) is 27.8 Å². The molecule has 2 aromatic rings. The average Bonchev–Trinajstić information content (AvgIpc) is 2.68. The highest BCUT2D eigenvalue weighted by Crippen LogP contribution is 2.29. The van der Waals surface area contributed by atoms with Crippen molar-refractivity contribution in [2.24, 2.45) is 0 Å². The Labute approximate surface area is 156 Å². The molecule has 1 saturated heterocycles. The first kappa shape index (κ1) is 18.4. The lowest BCUT2D eigenvalue weighted by Crippen LogP contribution is -2.30. The summed E-state index contributed by atoms with van der Waals surface area (Å²) in [4.78, 5) is 28.1. The van der Waals surface area contributed by atoms with Crippen LogP contribution in [0.25, 0.3) is 0 Å². The summed E-state index contributed by atoms with van der Waals surface area (Å²) in [6, 6.07) is 10.1. The molecular weight excluding hydrogens is 350 g/mol. The van der Waals surface area contributed by atoms with Gasteiger partial charge in [-0.3, -0.25) is 10.1 Å². The van der Waals surface area contributed by atoms with Gasteiger partial charge in [-0.15, -0.1) is 0 Å². The van der Waals surface area contributed by atoms with Crippen LogP contribution in [0.15, 0.2) is 36.4 Å². The van der Waals surface area contributed by atoms with E-state index >= 15 is 0 Å². The van der Waals surface area contributed by atoms with Crippen LogP contribution in [-0.4, -0.2) is 34.2 Å². The molecule has 0 unspecified atom stereocenters. The normalized spacial score (nSPS) is 13.9. The van der Waals surface area contributed by atoms with Crippen molar-refractivity contribution in [2.75, 3.05) is 23.3 Å². The average molecular weight is 371 g/mol. The van der Waals surface area contributed by atoms with Gasteiger partial charge in [0.2, 0.25) is 5.82 Å². The van der Waals surface area contributed by atoms with Gasteiger partial charge in [0.1, 0.15) is 5.82 Å². The van der Waals surface area contributed by atoms with Gasteiger partial charge in [0.05, 0.1) is 4.92 Å². The van der Waals surface area contributed by atoms with Crippen LogP contribution >= 0.6 is 0 Å². The number of rotatable bonds is 6. The fourth-order valence-corrected chi connectivity index (χ4v) is 3.00. The summed E-state index contributed by atoms with van der Waals surface area (Å²) in [6.45, 7) is 1.99. The summed E-state index contributed by atoms with van der Waals surface area (Å²) in [6.07, 6.45) is 2.28. The Hall–Kier alpha value is -3.36. The Morgan fingerprint density at radius 3 is 2.48 bits per heavy atom. The number of benzene rings is 1. The Balaban J connectivity index is 1.79. The molecular formula is C18H21N5O4. The third-order valence-electron chi connectivity index (χ3n) is 4.40. The Morgan fingerprint density at radius 2 is 1.85 bits per heavy atom. The van der Waals surface area contributed by atoms with E-state index in [0.717, 1.165) is 37.3 Å². The van der Waals surface area contributed by atoms with Gasteiger partial charge in [0, 0.05) is 31.4 Å². The third-order valence-corrected chi connectivity index (χ3v) is 4.40. The molecule has 1 aliphatic rings. The zero-order chi connectivity index (χ0) is 19.2. The van der Waals surface area contributed by atoms with E-state index < -0.39 is 11.0 Å². The Kier molecular flexibility index (Phi) is 5.70. The molecule has 142 valence electrons. The Morgan fingerprint density at radius 1 is 1.15 bits per heavy atom. The van der Waals surface area contributed by atoms with E-state index in [9.17, 15) is 14.9 Å². The molecule has 3 N–H and O–H groups in total. The van der Waals surface area contributed by atoms with Gasteiger partial charge in [-0.2, -0.15) is 0 Å². The zero-order valence-electron chi connectivity index (χ0n) is 14.7. The highest BCUT2D eigenvalue weighted by Gasteiger charge is 2.19. The van der Waals surface area contributed by atoms with Gasteiger partial charge < -0.3 is 20.6 Å². The van der Waals surface area contributed by atoms with Crippen molar-refractivity contribution in [3.8, 4) is 0 Å². The number of nitrogens with zero attached hydrogens (tertiary/aromatic N) is 3. The van der Waals surface area contributed by atoms with E-state index in [1.807, 2.05) is 0 Å². The van der Waals surface area contributed by atoms with Crippen molar-refractivity contribution in [1.29, 1.82) is 0 Å². The fraction of sp³-hybridized carbons (Fsp3) is 0.333. The summed E-state index contributed by atoms with van der Waals surface area (Å²) in [7, 11) is 0. The molecule has 1 amide bonds. The molecule has 0 radical (unpaired) electrons. The van der Waals surface area contributed by atoms with Crippen molar-refractivity contribution in [1.82, 2.24) is 10.3 Å². The number of carboxylic acid groups (broad SMARTS) is 1. The van der Waals surface area contributed by atoms with Crippen molar-refractivity contribution in [2.45, 2.75) is 25.8 Å². The van der Waals surface area contributed by atoms with Crippen molar-refractivity contribution in [3.63, 3.8) is 0 Å². The second-order valence-corrected chi connectivity index (χ2v) is 6.32. The van der Waals surface area contributed by atoms with E-state index in [1.54, 1.807) is 30.3 Å². The van der Waals surface area contributed by atoms with Crippen LogP contribution in [0.5, 0.6) is 0 Å². The van der Waals surface area contributed by atoms with Gasteiger partial charge in [-0.05, 0) is 43.0 Å². The number of hydrogen-bond donors (Lipinski definition) is 3. The summed E-state index contributed by atoms with van der Waals surface area (Å²) in [5.74, 6) is 0.921. The first-order chi connectivity index (χ1) is 13.0. The maximum absolute atomic E-state index is 11.4. The number of nitrogens with one attached hydrogen (secondary N) is 2. The second kappa shape index (κ2) is 8.35. The number of anilines is 3. The van der Waals surface area contributed by atoms with Crippen molar-refractivity contribution < 1.29 is 14.8 Å². The van der Waals surface area contributed by atoms with Crippen molar-refractivity contribution in [3.05, 3.63) is 52.1 Å². The summed E-state index contributed by atoms with van der Waals surface area (Å²) < 4.78 is 0. The van der Waals surface area contributed by atoms with Gasteiger partial charge in [-0.25, -0.2) is 9.78 Å². The van der Waals surface area contributed by atoms with Crippen LogP contribution in [0.2, 0.25) is 0 Å². The summed E-state index contributed by atoms with van der Waals surface area (Å²) >= 11 is 0. The maximum atomic E-state index is 11.4. The first-order valence-electron chi connectivity index (χ1n) is 8.76. The topological polar surface area (TPSA) is 121 Å². The number of nitro groups is 1. The lowest BCUT2D eigenvalue weighted by atomic mass is 10.1. The minimum absolute atomic E-state index is 0.0904. The first-order valence-corrected chi connectivity index (χ1v) is 8.76. The number of hydrogen-bond acceptors (Lipinski definition) is 6. The van der Waals surface area contributed by atoms with E-state index in [2.05, 4.69) is 20.5 Å². The smallest absolute Gasteiger partial charge is 0.404 e. The molecule has 0 spiro atoms. The summed E-state index contributed by atoms with van der Waals surface area (Å²) in [5, 5.41) is 25.3. The summed E-state index contributed by atoms with van der Waals surface area (Å²) in [5.41, 5.74) is 1.33. The predicted molar refractivity (Wildman–Crippen MR) is 102 cm³/mol. The van der Waals surface area contributed by atoms with Gasteiger partial charge >= 0.3 is 11.8 Å². The van der Waals surface area contributed by atoms with Crippen LogP contribution < -0.4 is 15.5 Å². The van der Waals surface area contributed by atoms with Crippen LogP contribution in [0, 0.1) is 10.1 Å². The van der Waals surface area contributed by atoms with E-state index in [0.29, 0.717) is 5.69 Å². The van der Waals surface area contributed by atoms with Crippen LogP contribution in [0.1, 0.15) is 24.8 Å². The molecule has 1 aliphatic heterocycles. The maximum Gasteiger partial charge on any atom is 0.404 e. The molecule has 1 aromatic heterocycles. The van der Waals surface area contributed by atoms with Crippen LogP contribution in [-0.2, 0) is 6.54 Å². The molecule has 9 nitrogen and oxygen atoms in total. The van der Waals surface area contributed by atoms with Crippen LogP contribution in [0.3, 0.4) is 0 Å². The van der Waals surface area contributed by atoms with Crippen molar-refractivity contribution >= 4 is 29.1 Å². The minimum atomic E-state index is -1.09. The molecule has 0 saturated carbocycles. The van der Waals surface area contributed by atoms with Gasteiger partial charge in [0.15, 0.2) is 0 Å². The number of piperidine rings is 1. The third kappa shape index (κ3) is 4.84. The number of carbonyl (C=O) groups is 1. The van der Waals surface area contributed by atoms with Gasteiger partial charge in [0.25, 0.3) is 0 Å². The number of amides is 1. The molecule has 27 heavy (non-hydrogen) atoms. The molecule has 0 aliphatic carbocycles. The molecule has 0 bridgehead atoms. The minimum Gasteiger partial charge on any atom is -0.465 e. The van der Waals surface area contributed by atoms with E-state index in [4.69, 9.17) is 5.11 Å².